The van der Waals surface area contributed by atoms with E-state index in [2.05, 4.69) is 38.4 Å². The second-order valence-corrected chi connectivity index (χ2v) is 17.8. The van der Waals surface area contributed by atoms with E-state index in [0.29, 0.717) is 11.1 Å². The molecule has 4 amide bonds. The Morgan fingerprint density at radius 3 is 1.67 bits per heavy atom. The number of rotatable bonds is 20. The zero-order valence-electron chi connectivity index (χ0n) is 39.3. The van der Waals surface area contributed by atoms with Crippen molar-refractivity contribution in [1.29, 1.82) is 0 Å². The molecule has 5 N–H and O–H groups in total. The summed E-state index contributed by atoms with van der Waals surface area (Å²) in [4.78, 5) is 74.4. The maximum absolute atomic E-state index is 14.6. The van der Waals surface area contributed by atoms with E-state index in [9.17, 15) is 24.0 Å². The van der Waals surface area contributed by atoms with Crippen molar-refractivity contribution in [3.8, 4) is 16.9 Å². The largest absolute Gasteiger partial charge is 0.449 e. The number of amides is 4. The van der Waals surface area contributed by atoms with E-state index in [1.54, 1.807) is 27.0 Å². The maximum Gasteiger partial charge on any atom is 0.407 e. The van der Waals surface area contributed by atoms with Gasteiger partial charge in [0.05, 0.1) is 12.7 Å². The normalized spacial score (nSPS) is 14.0. The number of aromatic amines is 1. The van der Waals surface area contributed by atoms with Gasteiger partial charge in [-0.15, -0.1) is 0 Å². The molecule has 0 radical (unpaired) electrons. The van der Waals surface area contributed by atoms with Crippen LogP contribution in [0, 0.1) is 5.92 Å². The zero-order valence-corrected chi connectivity index (χ0v) is 39.3. The molecule has 1 aliphatic carbocycles. The fourth-order valence-electron chi connectivity index (χ4n) is 8.78. The molecule has 0 fully saturated rings. The number of H-pyrrole nitrogens is 1. The lowest BCUT2D eigenvalue weighted by molar-refractivity contribution is -0.141. The van der Waals surface area contributed by atoms with Gasteiger partial charge in [-0.05, 0) is 63.9 Å². The summed E-state index contributed by atoms with van der Waals surface area (Å²) in [5.41, 5.74) is 7.39. The van der Waals surface area contributed by atoms with Crippen LogP contribution in [0.4, 0.5) is 4.79 Å². The standard InChI is InChI=1S/C57H57N5O8/c1-36(2)51(61-53(63)48(31-38-19-7-4-8-20-38)60-57(67)69-35-46-43-27-15-13-25-41(43)42-26-14-16-28-44(42)46)54(64)62-52(37(3)68-34-40-23-11-6-12-24-40)55(65)59-49(32-39-21-9-5-10-22-39)56(66)70-50-33-58-47-30-18-17-29-45(47)50/h4-30,33,36-37,46,48-49,51-52,58H,31-32,34-35H2,1-3H3,(H,59,65)(H,60,67)(H,61,63)(H,62,64)/t37?,48-,49?,51?,52-/m0/s1. The molecule has 70 heavy (non-hydrogen) atoms. The van der Waals surface area contributed by atoms with Crippen molar-refractivity contribution in [1.82, 2.24) is 26.3 Å². The number of benzene rings is 6. The molecule has 5 atom stereocenters. The van der Waals surface area contributed by atoms with E-state index in [1.165, 1.54) is 0 Å². The summed E-state index contributed by atoms with van der Waals surface area (Å²) in [6.07, 6.45) is 0.0343. The molecule has 3 unspecified atom stereocenters. The minimum atomic E-state index is -1.35. The predicted molar refractivity (Wildman–Crippen MR) is 268 cm³/mol. The molecule has 0 saturated heterocycles. The van der Waals surface area contributed by atoms with E-state index in [1.807, 2.05) is 152 Å². The van der Waals surface area contributed by atoms with E-state index < -0.39 is 66.0 Å². The number of hydrogen-bond donors (Lipinski definition) is 5. The Balaban J connectivity index is 0.998. The second kappa shape index (κ2) is 22.8. The van der Waals surface area contributed by atoms with Crippen molar-refractivity contribution in [2.45, 2.75) is 76.4 Å². The van der Waals surface area contributed by atoms with Gasteiger partial charge in [0.25, 0.3) is 0 Å². The molecule has 0 bridgehead atoms. The smallest absolute Gasteiger partial charge is 0.407 e. The van der Waals surface area contributed by atoms with Gasteiger partial charge in [-0.2, -0.15) is 0 Å². The number of ether oxygens (including phenoxy) is 3. The van der Waals surface area contributed by atoms with Gasteiger partial charge in [0.1, 0.15) is 30.8 Å². The van der Waals surface area contributed by atoms with Gasteiger partial charge in [0.15, 0.2) is 5.75 Å². The quantitative estimate of drug-likeness (QED) is 0.0476. The highest BCUT2D eigenvalue weighted by molar-refractivity contribution is 5.96. The number of aromatic nitrogens is 1. The molecule has 0 saturated carbocycles. The molecule has 1 heterocycles. The minimum absolute atomic E-state index is 0.0392. The van der Waals surface area contributed by atoms with Crippen molar-refractivity contribution >= 4 is 40.7 Å². The highest BCUT2D eigenvalue weighted by Gasteiger charge is 2.37. The molecule has 1 aliphatic rings. The number of carbonyl (C=O) groups is 5. The molecular formula is C57H57N5O8. The van der Waals surface area contributed by atoms with Gasteiger partial charge in [0.2, 0.25) is 17.7 Å². The van der Waals surface area contributed by atoms with Crippen LogP contribution in [-0.2, 0) is 48.1 Å². The molecule has 13 heteroatoms. The lowest BCUT2D eigenvalue weighted by atomic mass is 9.98. The highest BCUT2D eigenvalue weighted by Crippen LogP contribution is 2.44. The van der Waals surface area contributed by atoms with Crippen LogP contribution in [0.3, 0.4) is 0 Å². The molecule has 0 aliphatic heterocycles. The van der Waals surface area contributed by atoms with Gasteiger partial charge in [-0.3, -0.25) is 14.4 Å². The van der Waals surface area contributed by atoms with Crippen LogP contribution in [0.15, 0.2) is 170 Å². The van der Waals surface area contributed by atoms with Crippen LogP contribution in [0.5, 0.6) is 5.75 Å². The van der Waals surface area contributed by atoms with Crippen LogP contribution in [-0.4, -0.2) is 71.6 Å². The SMILES string of the molecule is CC(C)C(NC(=O)[C@H](Cc1ccccc1)NC(=O)OCC1c2ccccc2-c2ccccc21)C(=O)N[C@H](C(=O)NC(Cc1ccccc1)C(=O)Oc1c[nH]c2ccccc12)C(C)OCc1ccccc1. The van der Waals surface area contributed by atoms with Crippen molar-refractivity contribution in [3.63, 3.8) is 0 Å². The predicted octanol–water partition coefficient (Wildman–Crippen LogP) is 8.18. The zero-order chi connectivity index (χ0) is 49.0. The van der Waals surface area contributed by atoms with E-state index in [-0.39, 0.29) is 32.0 Å². The Bertz CT molecular complexity index is 2860. The Hall–Kier alpha value is -8.03. The third kappa shape index (κ3) is 12.0. The van der Waals surface area contributed by atoms with Crippen LogP contribution >= 0.6 is 0 Å². The summed E-state index contributed by atoms with van der Waals surface area (Å²) in [5, 5.41) is 12.0. The lowest BCUT2D eigenvalue weighted by Crippen LogP contribution is -2.61. The number of carbonyl (C=O) groups excluding carboxylic acids is 5. The first-order valence-electron chi connectivity index (χ1n) is 23.6. The second-order valence-electron chi connectivity index (χ2n) is 17.8. The fraction of sp³-hybridized carbons (Fsp3) is 0.246. The minimum Gasteiger partial charge on any atom is -0.449 e. The van der Waals surface area contributed by atoms with Crippen molar-refractivity contribution in [2.24, 2.45) is 5.92 Å². The lowest BCUT2D eigenvalue weighted by Gasteiger charge is -2.30. The summed E-state index contributed by atoms with van der Waals surface area (Å²) in [6.45, 7) is 5.33. The Morgan fingerprint density at radius 1 is 0.543 bits per heavy atom. The summed E-state index contributed by atoms with van der Waals surface area (Å²) < 4.78 is 18.0. The maximum atomic E-state index is 14.6. The Labute approximate surface area is 407 Å². The number of alkyl carbamates (subject to hydrolysis) is 1. The third-order valence-corrected chi connectivity index (χ3v) is 12.5. The Kier molecular flexibility index (Phi) is 15.8. The van der Waals surface area contributed by atoms with Crippen LogP contribution in [0.25, 0.3) is 22.0 Å². The van der Waals surface area contributed by atoms with Crippen molar-refractivity contribution < 1.29 is 38.2 Å². The van der Waals surface area contributed by atoms with Crippen LogP contribution in [0.1, 0.15) is 54.5 Å². The van der Waals surface area contributed by atoms with Gasteiger partial charge in [0, 0.05) is 35.9 Å². The molecule has 6 aromatic carbocycles. The number of esters is 1. The van der Waals surface area contributed by atoms with E-state index in [0.717, 1.165) is 44.5 Å². The van der Waals surface area contributed by atoms with Crippen molar-refractivity contribution in [3.05, 3.63) is 198 Å². The molecule has 13 nitrogen and oxygen atoms in total. The van der Waals surface area contributed by atoms with Gasteiger partial charge in [-0.1, -0.05) is 166 Å². The number of fused-ring (bicyclic) bond motifs is 4. The topological polar surface area (TPSA) is 177 Å². The van der Waals surface area contributed by atoms with E-state index >= 15 is 0 Å². The average molecular weight is 940 g/mol. The Morgan fingerprint density at radius 2 is 1.06 bits per heavy atom. The fourth-order valence-corrected chi connectivity index (χ4v) is 8.78. The van der Waals surface area contributed by atoms with E-state index in [4.69, 9.17) is 14.2 Å². The molecular weight excluding hydrogens is 883 g/mol. The summed E-state index contributed by atoms with van der Waals surface area (Å²) in [6, 6.07) is 46.3. The summed E-state index contributed by atoms with van der Waals surface area (Å²) in [7, 11) is 0. The summed E-state index contributed by atoms with van der Waals surface area (Å²) in [5.74, 6) is -3.13. The molecule has 358 valence electrons. The summed E-state index contributed by atoms with van der Waals surface area (Å²) >= 11 is 0. The van der Waals surface area contributed by atoms with Gasteiger partial charge < -0.3 is 40.5 Å². The number of para-hydroxylation sites is 1. The van der Waals surface area contributed by atoms with Gasteiger partial charge in [-0.25, -0.2) is 9.59 Å². The van der Waals surface area contributed by atoms with Crippen LogP contribution in [0.2, 0.25) is 0 Å². The van der Waals surface area contributed by atoms with Crippen LogP contribution < -0.4 is 26.0 Å². The average Bonchev–Trinajstić information content (AvgIpc) is 3.94. The van der Waals surface area contributed by atoms with Gasteiger partial charge >= 0.3 is 12.1 Å². The molecule has 1 aromatic heterocycles. The molecule has 7 aromatic rings. The number of nitrogens with one attached hydrogen (secondary N) is 5. The monoisotopic (exact) mass is 939 g/mol. The van der Waals surface area contributed by atoms with Crippen molar-refractivity contribution in [2.75, 3.05) is 6.61 Å². The first-order chi connectivity index (χ1) is 34.0. The first-order valence-corrected chi connectivity index (χ1v) is 23.6. The molecule has 0 spiro atoms. The molecule has 8 rings (SSSR count). The number of hydrogen-bond acceptors (Lipinski definition) is 8. The first kappa shape index (κ1) is 48.4. The highest BCUT2D eigenvalue weighted by atomic mass is 16.5. The third-order valence-electron chi connectivity index (χ3n) is 12.5.